The molecular formula is C17H22N4O3S2. The number of carbonyl (C=O) groups excluding carboxylic acids is 1. The van der Waals surface area contributed by atoms with Gasteiger partial charge in [0.1, 0.15) is 6.33 Å². The second-order valence-electron chi connectivity index (χ2n) is 6.39. The molecule has 0 saturated heterocycles. The van der Waals surface area contributed by atoms with E-state index in [2.05, 4.69) is 10.2 Å². The Morgan fingerprint density at radius 3 is 2.81 bits per heavy atom. The van der Waals surface area contributed by atoms with Gasteiger partial charge in [-0.25, -0.2) is 8.42 Å². The van der Waals surface area contributed by atoms with Crippen LogP contribution in [-0.4, -0.2) is 47.0 Å². The first kappa shape index (κ1) is 18.9. The van der Waals surface area contributed by atoms with Crippen LogP contribution < -0.4 is 4.31 Å². The van der Waals surface area contributed by atoms with Gasteiger partial charge in [0.15, 0.2) is 10.9 Å². The number of Topliss-reactive ketones (excluding diaryl/α,β-unsaturated/α-hetero) is 1. The molecule has 0 saturated carbocycles. The average Bonchev–Trinajstić information content (AvgIpc) is 3.25. The number of fused-ring (bicyclic) bond motifs is 1. The molecule has 0 spiro atoms. The number of nitrogens with zero attached hydrogens (tertiary/aromatic N) is 4. The van der Waals surface area contributed by atoms with Gasteiger partial charge in [-0.05, 0) is 51.0 Å². The highest BCUT2D eigenvalue weighted by atomic mass is 32.2. The van der Waals surface area contributed by atoms with E-state index in [0.717, 1.165) is 10.7 Å². The van der Waals surface area contributed by atoms with Gasteiger partial charge in [0.2, 0.25) is 10.0 Å². The molecule has 0 bridgehead atoms. The van der Waals surface area contributed by atoms with Crippen molar-refractivity contribution in [3.63, 3.8) is 0 Å². The molecule has 0 unspecified atom stereocenters. The van der Waals surface area contributed by atoms with E-state index in [4.69, 9.17) is 0 Å². The molecule has 9 heteroatoms. The maximum Gasteiger partial charge on any atom is 0.234 e. The summed E-state index contributed by atoms with van der Waals surface area (Å²) in [5, 5.41) is 8.67. The number of thioether (sulfide) groups is 1. The molecule has 0 radical (unpaired) electrons. The van der Waals surface area contributed by atoms with Crippen molar-refractivity contribution in [1.29, 1.82) is 0 Å². The minimum absolute atomic E-state index is 0.00657. The number of aromatic nitrogens is 3. The van der Waals surface area contributed by atoms with Gasteiger partial charge >= 0.3 is 0 Å². The molecule has 26 heavy (non-hydrogen) atoms. The van der Waals surface area contributed by atoms with E-state index in [-0.39, 0.29) is 23.3 Å². The van der Waals surface area contributed by atoms with Crippen LogP contribution in [-0.2, 0) is 16.4 Å². The van der Waals surface area contributed by atoms with E-state index < -0.39 is 10.0 Å². The lowest BCUT2D eigenvalue weighted by Gasteiger charge is -2.18. The van der Waals surface area contributed by atoms with Crippen LogP contribution in [0.3, 0.4) is 0 Å². The summed E-state index contributed by atoms with van der Waals surface area (Å²) >= 11 is 1.36. The molecule has 1 aliphatic heterocycles. The Hall–Kier alpha value is -1.87. The van der Waals surface area contributed by atoms with Crippen LogP contribution in [0.2, 0.25) is 0 Å². The predicted molar refractivity (Wildman–Crippen MR) is 102 cm³/mol. The zero-order valence-corrected chi connectivity index (χ0v) is 16.7. The molecule has 0 N–H and O–H groups in total. The summed E-state index contributed by atoms with van der Waals surface area (Å²) in [6.07, 6.45) is 2.29. The zero-order chi connectivity index (χ0) is 18.9. The van der Waals surface area contributed by atoms with Gasteiger partial charge in [0.05, 0.1) is 17.2 Å². The van der Waals surface area contributed by atoms with Crippen LogP contribution >= 0.6 is 11.8 Å². The molecule has 1 aromatic heterocycles. The smallest absolute Gasteiger partial charge is 0.234 e. The summed E-state index contributed by atoms with van der Waals surface area (Å²) in [6.45, 7) is 6.14. The van der Waals surface area contributed by atoms with E-state index in [0.29, 0.717) is 24.2 Å². The summed E-state index contributed by atoms with van der Waals surface area (Å²) in [4.78, 5) is 12.5. The number of hydrogen-bond donors (Lipinski definition) is 0. The Morgan fingerprint density at radius 1 is 1.35 bits per heavy atom. The number of rotatable bonds is 7. The number of benzene rings is 1. The van der Waals surface area contributed by atoms with Gasteiger partial charge < -0.3 is 4.57 Å². The zero-order valence-electron chi connectivity index (χ0n) is 15.0. The molecular weight excluding hydrogens is 372 g/mol. The fraction of sp³-hybridized carbons (Fsp3) is 0.471. The van der Waals surface area contributed by atoms with Crippen LogP contribution in [0.1, 0.15) is 42.7 Å². The lowest BCUT2D eigenvalue weighted by molar-refractivity contribution is 0.102. The predicted octanol–water partition coefficient (Wildman–Crippen LogP) is 2.55. The van der Waals surface area contributed by atoms with Gasteiger partial charge in [-0.15, -0.1) is 10.2 Å². The van der Waals surface area contributed by atoms with Crippen molar-refractivity contribution < 1.29 is 13.2 Å². The highest BCUT2D eigenvalue weighted by Crippen LogP contribution is 2.31. The van der Waals surface area contributed by atoms with Gasteiger partial charge in [-0.3, -0.25) is 9.10 Å². The second kappa shape index (κ2) is 7.40. The topological polar surface area (TPSA) is 85.2 Å². The fourth-order valence-electron chi connectivity index (χ4n) is 2.89. The first-order valence-corrected chi connectivity index (χ1v) is 11.1. The molecule has 1 aliphatic rings. The first-order chi connectivity index (χ1) is 12.3. The van der Waals surface area contributed by atoms with Crippen LogP contribution in [0.5, 0.6) is 0 Å². The standard InChI is InChI=1S/C17H22N4O3S2/c1-4-26(23,24)21-8-7-13-9-14(5-6-15(13)21)16(22)10-25-17-19-18-11-20(17)12(2)3/h5-6,9,11-12H,4,7-8,10H2,1-3H3. The molecule has 0 fully saturated rings. The monoisotopic (exact) mass is 394 g/mol. The van der Waals surface area contributed by atoms with Gasteiger partial charge in [0.25, 0.3) is 0 Å². The highest BCUT2D eigenvalue weighted by molar-refractivity contribution is 7.99. The quantitative estimate of drug-likeness (QED) is 0.530. The van der Waals surface area contributed by atoms with Gasteiger partial charge in [-0.2, -0.15) is 0 Å². The largest absolute Gasteiger partial charge is 0.306 e. The summed E-state index contributed by atoms with van der Waals surface area (Å²) in [6, 6.07) is 5.49. The molecule has 2 aromatic rings. The third kappa shape index (κ3) is 3.64. The maximum absolute atomic E-state index is 12.5. The molecule has 3 rings (SSSR count). The minimum atomic E-state index is -3.27. The normalized spacial score (nSPS) is 14.1. The summed E-state index contributed by atoms with van der Waals surface area (Å²) < 4.78 is 27.7. The Balaban J connectivity index is 1.73. The lowest BCUT2D eigenvalue weighted by Crippen LogP contribution is -2.30. The molecule has 0 aliphatic carbocycles. The van der Waals surface area contributed by atoms with Gasteiger partial charge in [-0.1, -0.05) is 11.8 Å². The summed E-state index contributed by atoms with van der Waals surface area (Å²) in [5.41, 5.74) is 2.20. The highest BCUT2D eigenvalue weighted by Gasteiger charge is 2.28. The Kier molecular flexibility index (Phi) is 5.38. The summed E-state index contributed by atoms with van der Waals surface area (Å²) in [7, 11) is -3.27. The van der Waals surface area contributed by atoms with Crippen LogP contribution in [0.4, 0.5) is 5.69 Å². The van der Waals surface area contributed by atoms with Crippen molar-refractivity contribution in [3.8, 4) is 0 Å². The number of anilines is 1. The third-order valence-corrected chi connectivity index (χ3v) is 7.12. The van der Waals surface area contributed by atoms with Crippen LogP contribution in [0, 0.1) is 0 Å². The van der Waals surface area contributed by atoms with E-state index in [1.54, 1.807) is 25.4 Å². The molecule has 140 valence electrons. The number of hydrogen-bond acceptors (Lipinski definition) is 6. The summed E-state index contributed by atoms with van der Waals surface area (Å²) in [5.74, 6) is 0.328. The van der Waals surface area contributed by atoms with Crippen molar-refractivity contribution in [3.05, 3.63) is 35.7 Å². The average molecular weight is 395 g/mol. The Morgan fingerprint density at radius 2 is 2.12 bits per heavy atom. The lowest BCUT2D eigenvalue weighted by atomic mass is 10.1. The molecule has 1 aromatic carbocycles. The van der Waals surface area contributed by atoms with Crippen molar-refractivity contribution in [1.82, 2.24) is 14.8 Å². The van der Waals surface area contributed by atoms with Crippen molar-refractivity contribution in [2.45, 2.75) is 38.4 Å². The van der Waals surface area contributed by atoms with Crippen molar-refractivity contribution >= 4 is 33.3 Å². The fourth-order valence-corrected chi connectivity index (χ4v) is 4.99. The molecule has 0 amide bonds. The van der Waals surface area contributed by atoms with Crippen molar-refractivity contribution in [2.75, 3.05) is 22.4 Å². The molecule has 0 atom stereocenters. The molecule has 2 heterocycles. The number of ketones is 1. The van der Waals surface area contributed by atoms with E-state index in [9.17, 15) is 13.2 Å². The number of sulfonamides is 1. The number of carbonyl (C=O) groups is 1. The first-order valence-electron chi connectivity index (χ1n) is 8.52. The SMILES string of the molecule is CCS(=O)(=O)N1CCc2cc(C(=O)CSc3nncn3C(C)C)ccc21. The van der Waals surface area contributed by atoms with Gasteiger partial charge in [0, 0.05) is 18.2 Å². The Bertz CT molecular complexity index is 922. The molecule has 7 nitrogen and oxygen atoms in total. The second-order valence-corrected chi connectivity index (χ2v) is 9.52. The van der Waals surface area contributed by atoms with Crippen molar-refractivity contribution in [2.24, 2.45) is 0 Å². The van der Waals surface area contributed by atoms with E-state index >= 15 is 0 Å². The van der Waals surface area contributed by atoms with Crippen LogP contribution in [0.15, 0.2) is 29.7 Å². The maximum atomic E-state index is 12.5. The minimum Gasteiger partial charge on any atom is -0.306 e. The van der Waals surface area contributed by atoms with E-state index in [1.807, 2.05) is 24.5 Å². The third-order valence-electron chi connectivity index (χ3n) is 4.38. The van der Waals surface area contributed by atoms with Crippen LogP contribution in [0.25, 0.3) is 0 Å². The Labute approximate surface area is 157 Å². The van der Waals surface area contributed by atoms with E-state index in [1.165, 1.54) is 16.1 Å².